The first-order chi connectivity index (χ1) is 44.6. The number of hydrogen-bond acceptors (Lipinski definition) is 12. The Labute approximate surface area is 544 Å². The highest BCUT2D eigenvalue weighted by atomic mass is 16.5. The molecular weight excluding hydrogens is 1160 g/mol. The van der Waals surface area contributed by atoms with E-state index < -0.39 is 78.2 Å². The molecule has 4 fully saturated rings. The molecule has 2 aliphatic heterocycles. The summed E-state index contributed by atoms with van der Waals surface area (Å²) in [6.45, 7) is 6.42. The van der Waals surface area contributed by atoms with E-state index in [1.165, 1.54) is 0 Å². The smallest absolute Gasteiger partial charge is 0.246 e. The van der Waals surface area contributed by atoms with Crippen LogP contribution < -0.4 is 42.5 Å². The van der Waals surface area contributed by atoms with Gasteiger partial charge >= 0.3 is 0 Å². The Balaban J connectivity index is 0.945. The fraction of sp³-hybridized carbons (Fsp3) is 0.556. The van der Waals surface area contributed by atoms with Crippen LogP contribution in [-0.2, 0) is 61.0 Å². The topological polar surface area (TPSA) is 258 Å². The standard InChI is InChI=1S/C72H100N10O10/c1-6-52(68(86)76-58-41-62(82(43-58)72(90)65(56-36-23-12-24-37-56)80-67(85)49(3)74-5)70(88)78-60(54-32-19-10-20-33-54)47-92-45-51-28-15-8-16-29-51)38-25-39-63(83)75-57-40-61(81(42-57)71(89)64(55-34-21-11-22-35-55)79-66(84)48(2)73-4)69(87)77-59(53-30-17-9-18-31-53)46-91-44-50-26-13-7-14-27-50/h7-10,13-20,26-33,48-49,52,55-62,64-65,73-74H,6,11-12,21-25,34-47H2,1-5H3,(H,75,83)(H,76,86)(H,77,87)(H,78,88)(H,79,84)(H,80,85)/t48-,49-,52?,57-,58-,59+,60+,61-,62-,64-,65-/m0/s1. The van der Waals surface area contributed by atoms with Gasteiger partial charge in [-0.1, -0.05) is 167 Å². The number of likely N-dealkylation sites (N-methyl/N-ethyl adjacent to an activating group) is 2. The molecule has 0 aromatic heterocycles. The minimum absolute atomic E-state index is 0.0421. The molecule has 20 heteroatoms. The maximum atomic E-state index is 15.2. The van der Waals surface area contributed by atoms with Gasteiger partial charge in [0.15, 0.2) is 0 Å². The Morgan fingerprint density at radius 1 is 0.500 bits per heavy atom. The van der Waals surface area contributed by atoms with Crippen molar-refractivity contribution in [3.05, 3.63) is 144 Å². The van der Waals surface area contributed by atoms with Gasteiger partial charge in [0.05, 0.1) is 50.6 Å². The molecule has 2 aliphatic carbocycles. The van der Waals surface area contributed by atoms with E-state index in [-0.39, 0.29) is 92.8 Å². The van der Waals surface area contributed by atoms with Crippen molar-refractivity contribution >= 4 is 47.3 Å². The fourth-order valence-electron chi connectivity index (χ4n) is 13.5. The lowest BCUT2D eigenvalue weighted by Gasteiger charge is -2.35. The zero-order valence-electron chi connectivity index (χ0n) is 54.6. The minimum atomic E-state index is -0.989. The SMILES string of the molecule is CCC(CCCC(=O)N[C@H]1C[C@@H](C(=O)N[C@H](COCc2ccccc2)c2ccccc2)N(C(=O)[C@@H](NC(=O)[C@H](C)NC)C2CCCCC2)C1)C(=O)N[C@H]1C[C@@H](C(=O)N[C@H](COCc2ccccc2)c2ccccc2)N(C(=O)[C@@H](NC(=O)[C@H](C)NC)C2CCCCC2)C1. The van der Waals surface area contributed by atoms with Crippen molar-refractivity contribution in [1.82, 2.24) is 52.3 Å². The second-order valence-electron chi connectivity index (χ2n) is 25.7. The molecule has 11 atom stereocenters. The molecule has 92 heavy (non-hydrogen) atoms. The number of likely N-dealkylation sites (tertiary alicyclic amines) is 2. The van der Waals surface area contributed by atoms with Gasteiger partial charge in [-0.15, -0.1) is 0 Å². The number of rotatable bonds is 32. The molecule has 8 rings (SSSR count). The van der Waals surface area contributed by atoms with Gasteiger partial charge in [-0.2, -0.15) is 0 Å². The van der Waals surface area contributed by atoms with Gasteiger partial charge in [-0.25, -0.2) is 0 Å². The monoisotopic (exact) mass is 1260 g/mol. The molecule has 1 unspecified atom stereocenters. The van der Waals surface area contributed by atoms with Crippen LogP contribution in [0.5, 0.6) is 0 Å². The van der Waals surface area contributed by atoms with Crippen LogP contribution in [0.4, 0.5) is 0 Å². The highest BCUT2D eigenvalue weighted by molar-refractivity contribution is 5.95. The molecule has 0 bridgehead atoms. The first-order valence-electron chi connectivity index (χ1n) is 33.7. The predicted octanol–water partition coefficient (Wildman–Crippen LogP) is 6.85. The summed E-state index contributed by atoms with van der Waals surface area (Å²) in [4.78, 5) is 119. The Hall–Kier alpha value is -7.52. The molecule has 2 saturated carbocycles. The third kappa shape index (κ3) is 20.2. The molecule has 0 spiro atoms. The van der Waals surface area contributed by atoms with Crippen LogP contribution in [0.1, 0.15) is 158 Å². The van der Waals surface area contributed by atoms with Crippen molar-refractivity contribution in [3.63, 3.8) is 0 Å². The van der Waals surface area contributed by atoms with Gasteiger partial charge in [0.2, 0.25) is 47.3 Å². The lowest BCUT2D eigenvalue weighted by Crippen LogP contribution is -2.58. The van der Waals surface area contributed by atoms with E-state index in [1.54, 1.807) is 37.7 Å². The number of nitrogens with one attached hydrogen (secondary N) is 8. The quantitative estimate of drug-likeness (QED) is 0.0250. The molecule has 2 saturated heterocycles. The van der Waals surface area contributed by atoms with Crippen molar-refractivity contribution in [2.75, 3.05) is 40.4 Å². The minimum Gasteiger partial charge on any atom is -0.374 e. The third-order valence-corrected chi connectivity index (χ3v) is 19.2. The highest BCUT2D eigenvalue weighted by Gasteiger charge is 2.47. The average Bonchev–Trinajstić information content (AvgIpc) is 1.67. The number of carbonyl (C=O) groups excluding carboxylic acids is 8. The number of nitrogens with zero attached hydrogens (tertiary/aromatic N) is 2. The van der Waals surface area contributed by atoms with Gasteiger partial charge < -0.3 is 61.8 Å². The lowest BCUT2D eigenvalue weighted by atomic mass is 9.83. The zero-order chi connectivity index (χ0) is 65.4. The Morgan fingerprint density at radius 2 is 0.891 bits per heavy atom. The van der Waals surface area contributed by atoms with E-state index in [0.717, 1.165) is 86.5 Å². The first-order valence-corrected chi connectivity index (χ1v) is 33.7. The number of carbonyl (C=O) groups is 8. The van der Waals surface area contributed by atoms with Crippen molar-refractivity contribution in [3.8, 4) is 0 Å². The second-order valence-corrected chi connectivity index (χ2v) is 25.7. The average molecular weight is 1270 g/mol. The molecule has 4 aliphatic rings. The van der Waals surface area contributed by atoms with Crippen LogP contribution in [0.25, 0.3) is 0 Å². The number of benzene rings is 4. The van der Waals surface area contributed by atoms with Crippen LogP contribution in [0.15, 0.2) is 121 Å². The predicted molar refractivity (Wildman–Crippen MR) is 353 cm³/mol. The van der Waals surface area contributed by atoms with Crippen molar-refractivity contribution in [1.29, 1.82) is 0 Å². The second kappa shape index (κ2) is 36.1. The van der Waals surface area contributed by atoms with Gasteiger partial charge in [0, 0.05) is 37.5 Å². The molecule has 4 aromatic rings. The molecule has 8 amide bonds. The van der Waals surface area contributed by atoms with Crippen LogP contribution in [-0.4, -0.2) is 146 Å². The summed E-state index contributed by atoms with van der Waals surface area (Å²) in [5, 5.41) is 24.8. The maximum absolute atomic E-state index is 15.2. The molecule has 4 aromatic carbocycles. The Kier molecular flexibility index (Phi) is 27.6. The molecule has 2 heterocycles. The largest absolute Gasteiger partial charge is 0.374 e. The summed E-state index contributed by atoms with van der Waals surface area (Å²) in [5.41, 5.74) is 3.61. The summed E-state index contributed by atoms with van der Waals surface area (Å²) >= 11 is 0. The number of amides is 8. The van der Waals surface area contributed by atoms with Crippen molar-refractivity contribution in [2.45, 2.75) is 197 Å². The van der Waals surface area contributed by atoms with Crippen LogP contribution in [0.2, 0.25) is 0 Å². The van der Waals surface area contributed by atoms with Crippen molar-refractivity contribution in [2.24, 2.45) is 17.8 Å². The Morgan fingerprint density at radius 3 is 1.28 bits per heavy atom. The number of hydrogen-bond donors (Lipinski definition) is 8. The summed E-state index contributed by atoms with van der Waals surface area (Å²) in [7, 11) is 3.37. The van der Waals surface area contributed by atoms with Crippen LogP contribution in [0.3, 0.4) is 0 Å². The van der Waals surface area contributed by atoms with Gasteiger partial charge in [0.1, 0.15) is 24.2 Å². The zero-order valence-corrected chi connectivity index (χ0v) is 54.6. The molecule has 8 N–H and O–H groups in total. The normalized spacial score (nSPS) is 20.9. The Bertz CT molecular complexity index is 2990. The molecule has 20 nitrogen and oxygen atoms in total. The van der Waals surface area contributed by atoms with Gasteiger partial charge in [-0.05, 0) is 120 Å². The summed E-state index contributed by atoms with van der Waals surface area (Å²) in [6.07, 6.45) is 10.2. The maximum Gasteiger partial charge on any atom is 0.246 e. The molecule has 0 radical (unpaired) electrons. The van der Waals surface area contributed by atoms with Crippen LogP contribution in [0, 0.1) is 17.8 Å². The summed E-state index contributed by atoms with van der Waals surface area (Å²) in [5.74, 6) is -3.51. The summed E-state index contributed by atoms with van der Waals surface area (Å²) < 4.78 is 12.4. The highest BCUT2D eigenvalue weighted by Crippen LogP contribution is 2.33. The van der Waals surface area contributed by atoms with E-state index in [2.05, 4.69) is 42.5 Å². The lowest BCUT2D eigenvalue weighted by molar-refractivity contribution is -0.143. The van der Waals surface area contributed by atoms with E-state index in [1.807, 2.05) is 128 Å². The first kappa shape index (κ1) is 70.4. The van der Waals surface area contributed by atoms with Crippen molar-refractivity contribution < 1.29 is 47.8 Å². The molecule has 498 valence electrons. The fourth-order valence-corrected chi connectivity index (χ4v) is 13.5. The van der Waals surface area contributed by atoms with Gasteiger partial charge in [-0.3, -0.25) is 38.4 Å². The van der Waals surface area contributed by atoms with E-state index in [4.69, 9.17) is 9.47 Å². The van der Waals surface area contributed by atoms with Crippen LogP contribution >= 0.6 is 0 Å². The molecular formula is C72H100N10O10. The van der Waals surface area contributed by atoms with E-state index in [0.29, 0.717) is 32.5 Å². The third-order valence-electron chi connectivity index (χ3n) is 19.2. The van der Waals surface area contributed by atoms with E-state index in [9.17, 15) is 28.8 Å². The summed E-state index contributed by atoms with van der Waals surface area (Å²) in [6, 6.07) is 31.3. The van der Waals surface area contributed by atoms with Gasteiger partial charge in [0.25, 0.3) is 0 Å². The number of ether oxygens (including phenoxy) is 2. The van der Waals surface area contributed by atoms with E-state index >= 15 is 9.59 Å².